The first-order chi connectivity index (χ1) is 10.6. The first-order valence-electron chi connectivity index (χ1n) is 6.73. The minimum absolute atomic E-state index is 0.0102. The Balaban J connectivity index is 1.87. The van der Waals surface area contributed by atoms with Crippen LogP contribution in [0.25, 0.3) is 0 Å². The lowest BCUT2D eigenvalue weighted by molar-refractivity contribution is -0.125. The van der Waals surface area contributed by atoms with Crippen LogP contribution >= 0.6 is 0 Å². The number of anilines is 2. The number of aryl methyl sites for hydroxylation is 1. The molecule has 1 atom stereocenters. The van der Waals surface area contributed by atoms with Gasteiger partial charge in [-0.1, -0.05) is 6.07 Å². The molecule has 1 aliphatic heterocycles. The number of methoxy groups -OCH3 is 1. The predicted molar refractivity (Wildman–Crippen MR) is 78.7 cm³/mol. The van der Waals surface area contributed by atoms with E-state index in [-0.39, 0.29) is 24.2 Å². The molecule has 3 rings (SSSR count). The summed E-state index contributed by atoms with van der Waals surface area (Å²) in [4.78, 5) is 28.1. The van der Waals surface area contributed by atoms with Gasteiger partial charge in [-0.05, 0) is 24.6 Å². The van der Waals surface area contributed by atoms with Crippen LogP contribution < -0.4 is 15.4 Å². The topological polar surface area (TPSA) is 98.1 Å². The smallest absolute Gasteiger partial charge is 0.250 e. The highest BCUT2D eigenvalue weighted by atomic mass is 16.5. The number of ether oxygens (including phenoxy) is 1. The van der Waals surface area contributed by atoms with Crippen molar-refractivity contribution in [2.75, 3.05) is 17.7 Å². The summed E-state index contributed by atoms with van der Waals surface area (Å²) in [5.41, 5.74) is 1.54. The van der Waals surface area contributed by atoms with Crippen molar-refractivity contribution in [3.8, 4) is 5.75 Å². The van der Waals surface area contributed by atoms with Crippen molar-refractivity contribution >= 4 is 23.5 Å². The van der Waals surface area contributed by atoms with E-state index in [9.17, 15) is 9.59 Å². The van der Waals surface area contributed by atoms with Crippen molar-refractivity contribution in [3.05, 3.63) is 30.1 Å². The molecule has 0 saturated carbocycles. The second-order valence-corrected chi connectivity index (χ2v) is 4.99. The van der Waals surface area contributed by atoms with Crippen LogP contribution in [0.1, 0.15) is 18.0 Å². The molecule has 8 heteroatoms. The van der Waals surface area contributed by atoms with E-state index in [4.69, 9.17) is 4.74 Å². The van der Waals surface area contributed by atoms with Crippen molar-refractivity contribution in [2.24, 2.45) is 0 Å². The minimum atomic E-state index is -0.739. The summed E-state index contributed by atoms with van der Waals surface area (Å²) in [5.74, 6) is 0.216. The Morgan fingerprint density at radius 3 is 3.09 bits per heavy atom. The monoisotopic (exact) mass is 301 g/mol. The summed E-state index contributed by atoms with van der Waals surface area (Å²) < 4.78 is 6.64. The van der Waals surface area contributed by atoms with Crippen LogP contribution in [0.4, 0.5) is 11.6 Å². The zero-order valence-corrected chi connectivity index (χ0v) is 12.2. The molecule has 0 spiro atoms. The fraction of sp³-hybridized carbons (Fsp3) is 0.286. The average Bonchev–Trinajstić information content (AvgIpc) is 2.94. The maximum absolute atomic E-state index is 12.5. The van der Waals surface area contributed by atoms with Crippen LogP contribution in [0.3, 0.4) is 0 Å². The summed E-state index contributed by atoms with van der Waals surface area (Å²) >= 11 is 0. The SMILES string of the molecule is COc1ccc(C)cc1NC(=O)C1CC(=O)Nc2ncnn21. The van der Waals surface area contributed by atoms with Gasteiger partial charge < -0.3 is 10.1 Å². The molecule has 1 aromatic carbocycles. The molecule has 114 valence electrons. The second-order valence-electron chi connectivity index (χ2n) is 4.99. The van der Waals surface area contributed by atoms with Crippen molar-refractivity contribution in [1.29, 1.82) is 0 Å². The maximum atomic E-state index is 12.5. The third-order valence-electron chi connectivity index (χ3n) is 3.41. The van der Waals surface area contributed by atoms with E-state index in [1.165, 1.54) is 18.1 Å². The van der Waals surface area contributed by atoms with Crippen molar-refractivity contribution < 1.29 is 14.3 Å². The Morgan fingerprint density at radius 2 is 2.32 bits per heavy atom. The number of fused-ring (bicyclic) bond motifs is 1. The Kier molecular flexibility index (Phi) is 3.50. The van der Waals surface area contributed by atoms with Crippen LogP contribution in [0.2, 0.25) is 0 Å². The molecule has 22 heavy (non-hydrogen) atoms. The lowest BCUT2D eigenvalue weighted by Crippen LogP contribution is -2.36. The largest absolute Gasteiger partial charge is 0.495 e. The molecule has 0 saturated heterocycles. The molecule has 2 amide bonds. The van der Waals surface area contributed by atoms with Crippen molar-refractivity contribution in [2.45, 2.75) is 19.4 Å². The molecule has 1 aliphatic rings. The summed E-state index contributed by atoms with van der Waals surface area (Å²) in [6.07, 6.45) is 1.31. The third kappa shape index (κ3) is 2.50. The van der Waals surface area contributed by atoms with Gasteiger partial charge in [-0.25, -0.2) is 4.68 Å². The number of nitrogens with one attached hydrogen (secondary N) is 2. The summed E-state index contributed by atoms with van der Waals surface area (Å²) in [6.45, 7) is 1.92. The van der Waals surface area contributed by atoms with Gasteiger partial charge in [0, 0.05) is 0 Å². The normalized spacial score (nSPS) is 16.6. The zero-order valence-electron chi connectivity index (χ0n) is 12.2. The highest BCUT2D eigenvalue weighted by molar-refractivity contribution is 6.01. The fourth-order valence-electron chi connectivity index (χ4n) is 2.34. The molecule has 1 aromatic heterocycles. The van der Waals surface area contributed by atoms with Crippen molar-refractivity contribution in [3.63, 3.8) is 0 Å². The highest BCUT2D eigenvalue weighted by Crippen LogP contribution is 2.28. The van der Waals surface area contributed by atoms with Gasteiger partial charge >= 0.3 is 0 Å². The predicted octanol–water partition coefficient (Wildman–Crippen LogP) is 1.12. The second kappa shape index (κ2) is 5.47. The maximum Gasteiger partial charge on any atom is 0.250 e. The number of aromatic nitrogens is 3. The number of amides is 2. The molecular formula is C14H15N5O3. The number of benzene rings is 1. The molecule has 0 bridgehead atoms. The number of hydrogen-bond acceptors (Lipinski definition) is 5. The molecule has 2 N–H and O–H groups in total. The van der Waals surface area contributed by atoms with E-state index in [1.54, 1.807) is 6.07 Å². The average molecular weight is 301 g/mol. The van der Waals surface area contributed by atoms with E-state index >= 15 is 0 Å². The summed E-state index contributed by atoms with van der Waals surface area (Å²) in [6, 6.07) is 4.73. The van der Waals surface area contributed by atoms with Crippen LogP contribution in [0, 0.1) is 6.92 Å². The van der Waals surface area contributed by atoms with E-state index in [0.29, 0.717) is 11.4 Å². The molecule has 2 heterocycles. The standard InChI is InChI=1S/C14H15N5O3/c1-8-3-4-11(22-2)9(5-8)17-13(21)10-6-12(20)18-14-15-7-16-19(10)14/h3-5,7,10H,6H2,1-2H3,(H,17,21)(H,15,16,18,20). The van der Waals surface area contributed by atoms with Gasteiger partial charge in [0.05, 0.1) is 19.2 Å². The number of nitrogens with zero attached hydrogens (tertiary/aromatic N) is 3. The minimum Gasteiger partial charge on any atom is -0.495 e. The van der Waals surface area contributed by atoms with Crippen LogP contribution in [0.15, 0.2) is 24.5 Å². The van der Waals surface area contributed by atoms with Gasteiger partial charge in [0.2, 0.25) is 17.8 Å². The number of hydrogen-bond donors (Lipinski definition) is 2. The number of carbonyl (C=O) groups is 2. The van der Waals surface area contributed by atoms with Crippen molar-refractivity contribution in [1.82, 2.24) is 14.8 Å². The van der Waals surface area contributed by atoms with Gasteiger partial charge in [0.1, 0.15) is 18.1 Å². The Hall–Kier alpha value is -2.90. The molecule has 8 nitrogen and oxygen atoms in total. The lowest BCUT2D eigenvalue weighted by atomic mass is 10.1. The first kappa shape index (κ1) is 14.1. The molecule has 0 fully saturated rings. The van der Waals surface area contributed by atoms with Crippen LogP contribution in [0.5, 0.6) is 5.75 Å². The first-order valence-corrected chi connectivity index (χ1v) is 6.73. The molecular weight excluding hydrogens is 286 g/mol. The quantitative estimate of drug-likeness (QED) is 0.885. The van der Waals surface area contributed by atoms with Gasteiger partial charge in [-0.3, -0.25) is 14.9 Å². The fourth-order valence-corrected chi connectivity index (χ4v) is 2.34. The van der Waals surface area contributed by atoms with E-state index in [0.717, 1.165) is 5.56 Å². The van der Waals surface area contributed by atoms with Gasteiger partial charge in [-0.15, -0.1) is 0 Å². The van der Waals surface area contributed by atoms with Gasteiger partial charge in [0.25, 0.3) is 0 Å². The highest BCUT2D eigenvalue weighted by Gasteiger charge is 2.32. The molecule has 0 aliphatic carbocycles. The number of rotatable bonds is 3. The zero-order chi connectivity index (χ0) is 15.7. The van der Waals surface area contributed by atoms with Gasteiger partial charge in [-0.2, -0.15) is 10.1 Å². The van der Waals surface area contributed by atoms with Gasteiger partial charge in [0.15, 0.2) is 0 Å². The Morgan fingerprint density at radius 1 is 1.50 bits per heavy atom. The summed E-state index contributed by atoms with van der Waals surface area (Å²) in [5, 5.41) is 9.35. The lowest BCUT2D eigenvalue weighted by Gasteiger charge is -2.23. The number of carbonyl (C=O) groups excluding carboxylic acids is 2. The third-order valence-corrected chi connectivity index (χ3v) is 3.41. The Bertz CT molecular complexity index is 740. The molecule has 1 unspecified atom stereocenters. The summed E-state index contributed by atoms with van der Waals surface area (Å²) in [7, 11) is 1.53. The molecule has 2 aromatic rings. The van der Waals surface area contributed by atoms with Crippen LogP contribution in [-0.2, 0) is 9.59 Å². The Labute approximate surface area is 126 Å². The van der Waals surface area contributed by atoms with E-state index in [2.05, 4.69) is 20.7 Å². The van der Waals surface area contributed by atoms with E-state index in [1.807, 2.05) is 19.1 Å². The van der Waals surface area contributed by atoms with Crippen LogP contribution in [-0.4, -0.2) is 33.7 Å². The van der Waals surface area contributed by atoms with E-state index < -0.39 is 6.04 Å². The molecule has 0 radical (unpaired) electrons.